The Bertz CT molecular complexity index is 352. The highest BCUT2D eigenvalue weighted by atomic mass is 19.4. The molecule has 0 amide bonds. The molecule has 1 saturated carbocycles. The predicted molar refractivity (Wildman–Crippen MR) is 52.5 cm³/mol. The number of hydrogen-bond acceptors (Lipinski definition) is 2. The molecule has 0 aromatic heterocycles. The van der Waals surface area contributed by atoms with E-state index in [4.69, 9.17) is 5.73 Å². The number of nitrogens with one attached hydrogen (secondary N) is 1. The molecule has 0 unspecified atom stereocenters. The molecule has 1 fully saturated rings. The van der Waals surface area contributed by atoms with E-state index in [9.17, 15) is 13.2 Å². The van der Waals surface area contributed by atoms with Gasteiger partial charge in [-0.25, -0.2) is 0 Å². The Labute approximate surface area is 85.3 Å². The van der Waals surface area contributed by atoms with Crippen LogP contribution in [0.3, 0.4) is 0 Å². The molecule has 5 heteroatoms. The van der Waals surface area contributed by atoms with Crippen LogP contribution in [0.4, 0.5) is 24.5 Å². The van der Waals surface area contributed by atoms with Crippen LogP contribution in [-0.4, -0.2) is 11.7 Å². The summed E-state index contributed by atoms with van der Waals surface area (Å²) in [6, 6.07) is 6.27. The maximum Gasteiger partial charge on any atom is 0.411 e. The lowest BCUT2D eigenvalue weighted by Gasteiger charge is -2.21. The number of halogens is 3. The van der Waals surface area contributed by atoms with Crippen LogP contribution in [0.15, 0.2) is 24.3 Å². The van der Waals surface area contributed by atoms with Gasteiger partial charge in [0.05, 0.1) is 0 Å². The third kappa shape index (κ3) is 1.86. The number of hydrogen-bond donors (Lipinski definition) is 2. The lowest BCUT2D eigenvalue weighted by Crippen LogP contribution is -2.38. The number of benzene rings is 1. The molecule has 0 atom stereocenters. The van der Waals surface area contributed by atoms with Crippen molar-refractivity contribution in [3.8, 4) is 0 Å². The van der Waals surface area contributed by atoms with Crippen molar-refractivity contribution in [1.29, 1.82) is 0 Å². The van der Waals surface area contributed by atoms with Crippen molar-refractivity contribution in [2.24, 2.45) is 0 Å². The molecular weight excluding hydrogens is 205 g/mol. The Morgan fingerprint density at radius 3 is 2.07 bits per heavy atom. The second-order valence-corrected chi connectivity index (χ2v) is 3.83. The van der Waals surface area contributed by atoms with Crippen LogP contribution in [0.25, 0.3) is 0 Å². The maximum absolute atomic E-state index is 12.6. The predicted octanol–water partition coefficient (Wildman–Crippen LogP) is 2.78. The fourth-order valence-electron chi connectivity index (χ4n) is 1.45. The van der Waals surface area contributed by atoms with Gasteiger partial charge in [0, 0.05) is 11.4 Å². The second-order valence-electron chi connectivity index (χ2n) is 3.83. The van der Waals surface area contributed by atoms with E-state index in [0.29, 0.717) is 11.4 Å². The van der Waals surface area contributed by atoms with Crippen molar-refractivity contribution in [3.63, 3.8) is 0 Å². The number of nitrogen functional groups attached to an aromatic ring is 1. The highest BCUT2D eigenvalue weighted by Crippen LogP contribution is 2.51. The van der Waals surface area contributed by atoms with E-state index in [0.717, 1.165) is 0 Å². The lowest BCUT2D eigenvalue weighted by atomic mass is 10.2. The summed E-state index contributed by atoms with van der Waals surface area (Å²) in [5.74, 6) is 0. The summed E-state index contributed by atoms with van der Waals surface area (Å²) in [6.45, 7) is 0. The summed E-state index contributed by atoms with van der Waals surface area (Å²) >= 11 is 0. The fourth-order valence-corrected chi connectivity index (χ4v) is 1.45. The van der Waals surface area contributed by atoms with Crippen LogP contribution in [0.5, 0.6) is 0 Å². The lowest BCUT2D eigenvalue weighted by molar-refractivity contribution is -0.151. The standard InChI is InChI=1S/C10H11F3N2/c11-10(12,13)9(5-6-9)15-8-3-1-7(14)2-4-8/h1-4,15H,5-6,14H2. The Morgan fingerprint density at radius 1 is 1.13 bits per heavy atom. The minimum absolute atomic E-state index is 0.140. The van der Waals surface area contributed by atoms with E-state index in [1.54, 1.807) is 24.3 Å². The Morgan fingerprint density at radius 2 is 1.67 bits per heavy atom. The van der Waals surface area contributed by atoms with Crippen LogP contribution < -0.4 is 11.1 Å². The second kappa shape index (κ2) is 3.05. The zero-order valence-electron chi connectivity index (χ0n) is 7.93. The van der Waals surface area contributed by atoms with Crippen molar-refractivity contribution >= 4 is 11.4 Å². The largest absolute Gasteiger partial charge is 0.411 e. The van der Waals surface area contributed by atoms with Gasteiger partial charge in [0.25, 0.3) is 0 Å². The van der Waals surface area contributed by atoms with Gasteiger partial charge in [-0.1, -0.05) is 0 Å². The first-order valence-corrected chi connectivity index (χ1v) is 4.63. The highest BCUT2D eigenvalue weighted by Gasteiger charge is 2.63. The third-order valence-corrected chi connectivity index (χ3v) is 2.59. The number of anilines is 2. The zero-order chi connectivity index (χ0) is 11.1. The minimum Gasteiger partial charge on any atom is -0.399 e. The molecule has 3 N–H and O–H groups in total. The molecule has 0 spiro atoms. The van der Waals surface area contributed by atoms with Crippen LogP contribution >= 0.6 is 0 Å². The highest BCUT2D eigenvalue weighted by molar-refractivity contribution is 5.54. The van der Waals surface area contributed by atoms with Crippen molar-refractivity contribution < 1.29 is 13.2 Å². The molecule has 1 aliphatic rings. The zero-order valence-corrected chi connectivity index (χ0v) is 7.93. The molecule has 82 valence electrons. The smallest absolute Gasteiger partial charge is 0.399 e. The van der Waals surface area contributed by atoms with Gasteiger partial charge in [0.1, 0.15) is 5.54 Å². The summed E-state index contributed by atoms with van der Waals surface area (Å²) in [5.41, 5.74) is 4.73. The summed E-state index contributed by atoms with van der Waals surface area (Å²) in [7, 11) is 0. The summed E-state index contributed by atoms with van der Waals surface area (Å²) in [5, 5.41) is 2.52. The monoisotopic (exact) mass is 216 g/mol. The van der Waals surface area contributed by atoms with E-state index >= 15 is 0 Å². The average molecular weight is 216 g/mol. The van der Waals surface area contributed by atoms with Gasteiger partial charge < -0.3 is 11.1 Å². The first-order valence-electron chi connectivity index (χ1n) is 4.63. The molecule has 0 heterocycles. The van der Waals surface area contributed by atoms with E-state index in [1.807, 2.05) is 0 Å². The number of alkyl halides is 3. The van der Waals surface area contributed by atoms with Gasteiger partial charge in [-0.2, -0.15) is 13.2 Å². The average Bonchev–Trinajstić information content (AvgIpc) is 2.89. The SMILES string of the molecule is Nc1ccc(NC2(C(F)(F)F)CC2)cc1. The molecule has 0 radical (unpaired) electrons. The van der Waals surface area contributed by atoms with Gasteiger partial charge in [-0.15, -0.1) is 0 Å². The molecule has 0 saturated heterocycles. The van der Waals surface area contributed by atoms with E-state index < -0.39 is 11.7 Å². The first-order chi connectivity index (χ1) is 6.93. The minimum atomic E-state index is -4.19. The number of rotatable bonds is 2. The summed E-state index contributed by atoms with van der Waals surface area (Å²) in [4.78, 5) is 0. The van der Waals surface area contributed by atoms with E-state index in [1.165, 1.54) is 0 Å². The molecule has 15 heavy (non-hydrogen) atoms. The number of nitrogens with two attached hydrogens (primary N) is 1. The van der Waals surface area contributed by atoms with Crippen molar-refractivity contribution in [3.05, 3.63) is 24.3 Å². The Kier molecular flexibility index (Phi) is 2.06. The van der Waals surface area contributed by atoms with Gasteiger partial charge in [0.2, 0.25) is 0 Å². The van der Waals surface area contributed by atoms with E-state index in [-0.39, 0.29) is 12.8 Å². The molecule has 1 aromatic carbocycles. The molecule has 1 aromatic rings. The molecule has 2 nitrogen and oxygen atoms in total. The van der Waals surface area contributed by atoms with Crippen molar-refractivity contribution in [1.82, 2.24) is 0 Å². The topological polar surface area (TPSA) is 38.0 Å². The third-order valence-electron chi connectivity index (χ3n) is 2.59. The van der Waals surface area contributed by atoms with E-state index in [2.05, 4.69) is 5.32 Å². The van der Waals surface area contributed by atoms with Gasteiger partial charge in [0.15, 0.2) is 0 Å². The first kappa shape index (κ1) is 10.1. The maximum atomic E-state index is 12.6. The summed E-state index contributed by atoms with van der Waals surface area (Å²) in [6.07, 6.45) is -3.91. The van der Waals surface area contributed by atoms with Gasteiger partial charge in [-0.3, -0.25) is 0 Å². The van der Waals surface area contributed by atoms with Crippen molar-refractivity contribution in [2.75, 3.05) is 11.1 Å². The quantitative estimate of drug-likeness (QED) is 0.746. The Hall–Kier alpha value is -1.39. The Balaban J connectivity index is 2.13. The molecular formula is C10H11F3N2. The van der Waals surface area contributed by atoms with Gasteiger partial charge >= 0.3 is 6.18 Å². The molecule has 2 rings (SSSR count). The van der Waals surface area contributed by atoms with Crippen LogP contribution in [0.1, 0.15) is 12.8 Å². The fraction of sp³-hybridized carbons (Fsp3) is 0.400. The van der Waals surface area contributed by atoms with Crippen molar-refractivity contribution in [2.45, 2.75) is 24.6 Å². The molecule has 0 bridgehead atoms. The van der Waals surface area contributed by atoms with Crippen LogP contribution in [0, 0.1) is 0 Å². The van der Waals surface area contributed by atoms with Gasteiger partial charge in [-0.05, 0) is 37.1 Å². The van der Waals surface area contributed by atoms with Crippen LogP contribution in [-0.2, 0) is 0 Å². The summed E-state index contributed by atoms with van der Waals surface area (Å²) < 4.78 is 37.7. The molecule has 0 aliphatic heterocycles. The normalized spacial score (nSPS) is 18.6. The molecule has 1 aliphatic carbocycles. The van der Waals surface area contributed by atoms with Crippen LogP contribution in [0.2, 0.25) is 0 Å².